The first-order valence-electron chi connectivity index (χ1n) is 6.05. The molecule has 0 aromatic rings. The van der Waals surface area contributed by atoms with Crippen molar-refractivity contribution in [3.05, 3.63) is 0 Å². The molecule has 0 aromatic carbocycles. The van der Waals surface area contributed by atoms with Gasteiger partial charge < -0.3 is 5.32 Å². The molecule has 2 atom stereocenters. The molecule has 1 rings (SSSR count). The van der Waals surface area contributed by atoms with Crippen molar-refractivity contribution in [3.63, 3.8) is 0 Å². The van der Waals surface area contributed by atoms with Crippen LogP contribution in [0.15, 0.2) is 0 Å². The van der Waals surface area contributed by atoms with Crippen LogP contribution < -0.4 is 5.32 Å². The van der Waals surface area contributed by atoms with E-state index in [0.29, 0.717) is 18.2 Å². The van der Waals surface area contributed by atoms with E-state index in [0.717, 1.165) is 18.9 Å². The molecule has 1 N–H and O–H groups in total. The summed E-state index contributed by atoms with van der Waals surface area (Å²) >= 11 is 5.53. The fourth-order valence-electron chi connectivity index (χ4n) is 2.32. The van der Waals surface area contributed by atoms with Crippen LogP contribution in [-0.2, 0) is 4.79 Å². The molecule has 1 saturated carbocycles. The summed E-state index contributed by atoms with van der Waals surface area (Å²) in [6.07, 6.45) is 6.59. The zero-order chi connectivity index (χ0) is 11.1. The lowest BCUT2D eigenvalue weighted by molar-refractivity contribution is -0.121. The molecule has 2 nitrogen and oxygen atoms in total. The van der Waals surface area contributed by atoms with E-state index in [1.54, 1.807) is 0 Å². The quantitative estimate of drug-likeness (QED) is 0.725. The molecule has 1 amide bonds. The summed E-state index contributed by atoms with van der Waals surface area (Å²) in [4.78, 5) is 11.4. The standard InChI is InChI=1S/C12H22ClNO/c1-10-4-2-5-11(8-10)9-14-12(15)6-3-7-13/h10-11H,2-9H2,1H3,(H,14,15). The maximum Gasteiger partial charge on any atom is 0.220 e. The first kappa shape index (κ1) is 12.8. The minimum absolute atomic E-state index is 0.161. The van der Waals surface area contributed by atoms with Crippen molar-refractivity contribution in [2.45, 2.75) is 45.4 Å². The maximum atomic E-state index is 11.4. The van der Waals surface area contributed by atoms with Gasteiger partial charge in [0.2, 0.25) is 5.91 Å². The van der Waals surface area contributed by atoms with Crippen LogP contribution in [0.5, 0.6) is 0 Å². The normalized spacial score (nSPS) is 26.3. The smallest absolute Gasteiger partial charge is 0.220 e. The highest BCUT2D eigenvalue weighted by Gasteiger charge is 2.18. The molecule has 1 fully saturated rings. The van der Waals surface area contributed by atoms with Gasteiger partial charge in [0.1, 0.15) is 0 Å². The Morgan fingerprint density at radius 3 is 2.93 bits per heavy atom. The van der Waals surface area contributed by atoms with Crippen LogP contribution in [0.3, 0.4) is 0 Å². The third-order valence-corrected chi connectivity index (χ3v) is 3.44. The van der Waals surface area contributed by atoms with Gasteiger partial charge in [0.15, 0.2) is 0 Å². The predicted molar refractivity (Wildman–Crippen MR) is 64.1 cm³/mol. The van der Waals surface area contributed by atoms with E-state index in [1.165, 1.54) is 25.7 Å². The number of alkyl halides is 1. The van der Waals surface area contributed by atoms with Crippen LogP contribution in [-0.4, -0.2) is 18.3 Å². The van der Waals surface area contributed by atoms with Crippen LogP contribution in [0.1, 0.15) is 45.4 Å². The summed E-state index contributed by atoms with van der Waals surface area (Å²) in [7, 11) is 0. The second kappa shape index (κ2) is 7.10. The molecule has 0 heterocycles. The molecule has 3 heteroatoms. The van der Waals surface area contributed by atoms with E-state index in [4.69, 9.17) is 11.6 Å². The number of hydrogen-bond acceptors (Lipinski definition) is 1. The van der Waals surface area contributed by atoms with Crippen molar-refractivity contribution in [2.24, 2.45) is 11.8 Å². The topological polar surface area (TPSA) is 29.1 Å². The van der Waals surface area contributed by atoms with E-state index in [9.17, 15) is 4.79 Å². The Morgan fingerprint density at radius 1 is 1.47 bits per heavy atom. The average molecular weight is 232 g/mol. The van der Waals surface area contributed by atoms with Gasteiger partial charge in [-0.25, -0.2) is 0 Å². The van der Waals surface area contributed by atoms with Crippen LogP contribution >= 0.6 is 11.6 Å². The molecule has 0 radical (unpaired) electrons. The first-order chi connectivity index (χ1) is 7.22. The zero-order valence-electron chi connectivity index (χ0n) is 9.60. The van der Waals surface area contributed by atoms with Gasteiger partial charge >= 0.3 is 0 Å². The Kier molecular flexibility index (Phi) is 6.07. The summed E-state index contributed by atoms with van der Waals surface area (Å²) < 4.78 is 0. The van der Waals surface area contributed by atoms with E-state index in [-0.39, 0.29) is 5.91 Å². The van der Waals surface area contributed by atoms with Gasteiger partial charge in [-0.1, -0.05) is 19.8 Å². The lowest BCUT2D eigenvalue weighted by atomic mass is 9.82. The van der Waals surface area contributed by atoms with E-state index < -0.39 is 0 Å². The number of carbonyl (C=O) groups is 1. The molecule has 1 aliphatic carbocycles. The van der Waals surface area contributed by atoms with Gasteiger partial charge in [-0.15, -0.1) is 11.6 Å². The third-order valence-electron chi connectivity index (χ3n) is 3.17. The Morgan fingerprint density at radius 2 is 2.27 bits per heavy atom. The fraction of sp³-hybridized carbons (Fsp3) is 0.917. The second-order valence-electron chi connectivity index (χ2n) is 4.73. The minimum atomic E-state index is 0.161. The number of amides is 1. The predicted octanol–water partition coefficient (Wildman–Crippen LogP) is 2.95. The number of halogens is 1. The lowest BCUT2D eigenvalue weighted by Gasteiger charge is -2.26. The SMILES string of the molecule is CC1CCCC(CNC(=O)CCCCl)C1. The van der Waals surface area contributed by atoms with Crippen LogP contribution in [0.25, 0.3) is 0 Å². The summed E-state index contributed by atoms with van der Waals surface area (Å²) in [5.41, 5.74) is 0. The van der Waals surface area contributed by atoms with Crippen molar-refractivity contribution in [2.75, 3.05) is 12.4 Å². The molecule has 0 bridgehead atoms. The Labute approximate surface area is 97.8 Å². The summed E-state index contributed by atoms with van der Waals surface area (Å²) in [5, 5.41) is 3.01. The molecule has 0 aromatic heterocycles. The molecule has 88 valence electrons. The van der Waals surface area contributed by atoms with Crippen LogP contribution in [0, 0.1) is 11.8 Å². The maximum absolute atomic E-state index is 11.4. The Balaban J connectivity index is 2.10. The Hall–Kier alpha value is -0.240. The largest absolute Gasteiger partial charge is 0.356 e. The third kappa shape index (κ3) is 5.41. The molecule has 0 aliphatic heterocycles. The molecule has 0 spiro atoms. The van der Waals surface area contributed by atoms with E-state index in [1.807, 2.05) is 0 Å². The molecule has 15 heavy (non-hydrogen) atoms. The fourth-order valence-corrected chi connectivity index (χ4v) is 2.45. The van der Waals surface area contributed by atoms with Crippen LogP contribution in [0.4, 0.5) is 0 Å². The van der Waals surface area contributed by atoms with Gasteiger partial charge in [-0.3, -0.25) is 4.79 Å². The van der Waals surface area contributed by atoms with Gasteiger partial charge in [-0.05, 0) is 31.1 Å². The number of nitrogens with one attached hydrogen (secondary N) is 1. The van der Waals surface area contributed by atoms with Gasteiger partial charge in [0.25, 0.3) is 0 Å². The van der Waals surface area contributed by atoms with Crippen molar-refractivity contribution in [1.29, 1.82) is 0 Å². The van der Waals surface area contributed by atoms with Crippen molar-refractivity contribution in [3.8, 4) is 0 Å². The van der Waals surface area contributed by atoms with Gasteiger partial charge in [0, 0.05) is 18.8 Å². The first-order valence-corrected chi connectivity index (χ1v) is 6.58. The molecule has 1 aliphatic rings. The molecular weight excluding hydrogens is 210 g/mol. The van der Waals surface area contributed by atoms with Crippen LogP contribution in [0.2, 0.25) is 0 Å². The van der Waals surface area contributed by atoms with Crippen molar-refractivity contribution in [1.82, 2.24) is 5.32 Å². The Bertz CT molecular complexity index is 196. The highest BCUT2D eigenvalue weighted by Crippen LogP contribution is 2.27. The highest BCUT2D eigenvalue weighted by molar-refractivity contribution is 6.17. The monoisotopic (exact) mass is 231 g/mol. The average Bonchev–Trinajstić information content (AvgIpc) is 2.23. The zero-order valence-corrected chi connectivity index (χ0v) is 10.4. The number of rotatable bonds is 5. The summed E-state index contributed by atoms with van der Waals surface area (Å²) in [6.45, 7) is 3.17. The number of carbonyl (C=O) groups excluding carboxylic acids is 1. The molecule has 2 unspecified atom stereocenters. The minimum Gasteiger partial charge on any atom is -0.356 e. The van der Waals surface area contributed by atoms with E-state index in [2.05, 4.69) is 12.2 Å². The summed E-state index contributed by atoms with van der Waals surface area (Å²) in [6, 6.07) is 0. The van der Waals surface area contributed by atoms with Gasteiger partial charge in [-0.2, -0.15) is 0 Å². The van der Waals surface area contributed by atoms with Crippen molar-refractivity contribution >= 4 is 17.5 Å². The summed E-state index contributed by atoms with van der Waals surface area (Å²) in [5.74, 6) is 2.28. The lowest BCUT2D eigenvalue weighted by Crippen LogP contribution is -2.31. The van der Waals surface area contributed by atoms with Gasteiger partial charge in [0.05, 0.1) is 0 Å². The number of hydrogen-bond donors (Lipinski definition) is 1. The highest BCUT2D eigenvalue weighted by atomic mass is 35.5. The molecular formula is C12H22ClNO. The molecule has 0 saturated heterocycles. The second-order valence-corrected chi connectivity index (χ2v) is 5.11. The van der Waals surface area contributed by atoms with Crippen molar-refractivity contribution < 1.29 is 4.79 Å². The van der Waals surface area contributed by atoms with E-state index >= 15 is 0 Å².